The fraction of sp³-hybridized carbons (Fsp3) is 0.571. The Kier molecular flexibility index (Phi) is 18.9. The number of hydrogen-bond donors (Lipinski definition) is 0. The van der Waals surface area contributed by atoms with Crippen molar-refractivity contribution in [1.29, 1.82) is 5.26 Å². The van der Waals surface area contributed by atoms with Gasteiger partial charge in [0, 0.05) is 11.8 Å². The van der Waals surface area contributed by atoms with Gasteiger partial charge in [-0.15, -0.1) is 0 Å². The van der Waals surface area contributed by atoms with E-state index in [0.717, 1.165) is 17.7 Å². The summed E-state index contributed by atoms with van der Waals surface area (Å²) in [7, 11) is 0. The van der Waals surface area contributed by atoms with Gasteiger partial charge >= 0.3 is 0 Å². The molecule has 0 fully saturated rings. The smallest absolute Gasteiger partial charge is 0.0988 e. The highest BCUT2D eigenvalue weighted by atomic mass is 14.7. The van der Waals surface area contributed by atoms with E-state index in [1.54, 1.807) is 0 Å². The van der Waals surface area contributed by atoms with Crippen molar-refractivity contribution in [1.82, 2.24) is 4.98 Å². The summed E-state index contributed by atoms with van der Waals surface area (Å²) in [6.45, 7) is 21.2. The van der Waals surface area contributed by atoms with E-state index < -0.39 is 0 Å². The molecule has 2 atom stereocenters. The molecule has 0 aromatic carbocycles. The number of aryl methyl sites for hydroxylation is 1. The van der Waals surface area contributed by atoms with Gasteiger partial charge in [-0.05, 0) is 60.4 Å². The van der Waals surface area contributed by atoms with Crippen molar-refractivity contribution in [3.8, 4) is 6.07 Å². The van der Waals surface area contributed by atoms with Crippen LogP contribution in [0.25, 0.3) is 5.57 Å². The normalized spacial score (nSPS) is 15.9. The highest BCUT2D eigenvalue weighted by Crippen LogP contribution is 2.36. The Morgan fingerprint density at radius 2 is 1.67 bits per heavy atom. The van der Waals surface area contributed by atoms with Crippen LogP contribution in [0.15, 0.2) is 48.2 Å². The third-order valence-electron chi connectivity index (χ3n) is 4.08. The molecule has 1 heterocycles. The summed E-state index contributed by atoms with van der Waals surface area (Å²) in [6.07, 6.45) is 13.9. The summed E-state index contributed by atoms with van der Waals surface area (Å²) < 4.78 is 0. The average molecular weight is 411 g/mol. The van der Waals surface area contributed by atoms with E-state index in [1.807, 2.05) is 38.3 Å². The zero-order chi connectivity index (χ0) is 23.5. The van der Waals surface area contributed by atoms with E-state index in [9.17, 15) is 5.26 Å². The van der Waals surface area contributed by atoms with Crippen molar-refractivity contribution in [2.45, 2.75) is 88.5 Å². The fourth-order valence-electron chi connectivity index (χ4n) is 2.78. The summed E-state index contributed by atoms with van der Waals surface area (Å²) in [5.41, 5.74) is 4.12. The van der Waals surface area contributed by atoms with Gasteiger partial charge in [0.25, 0.3) is 0 Å². The van der Waals surface area contributed by atoms with E-state index in [0.29, 0.717) is 17.8 Å². The third kappa shape index (κ3) is 12.4. The molecule has 2 unspecified atom stereocenters. The Labute approximate surface area is 187 Å². The molecule has 0 amide bonds. The van der Waals surface area contributed by atoms with Gasteiger partial charge in [-0.3, -0.25) is 4.98 Å². The van der Waals surface area contributed by atoms with Crippen molar-refractivity contribution in [3.63, 3.8) is 0 Å². The molecule has 1 aliphatic carbocycles. The highest BCUT2D eigenvalue weighted by molar-refractivity contribution is 5.71. The van der Waals surface area contributed by atoms with E-state index in [-0.39, 0.29) is 0 Å². The standard InChI is InChI=1S/C20H24N2.2C3H8.C2H6/c1-14(2)5-6-16(4)18-8-7-17(13-21)12-19(18)20-11-15(3)9-10-22-20;2*1-3-2;1-2/h5-7,9-12,14,16,18H,8H2,1-4H3;2*3H2,1-2H3;1-2H3. The van der Waals surface area contributed by atoms with E-state index in [1.165, 1.54) is 24.0 Å². The summed E-state index contributed by atoms with van der Waals surface area (Å²) in [6, 6.07) is 6.38. The Bertz CT molecular complexity index is 685. The zero-order valence-corrected chi connectivity index (χ0v) is 21.3. The summed E-state index contributed by atoms with van der Waals surface area (Å²) in [5, 5.41) is 9.21. The molecule has 0 bridgehead atoms. The predicted molar refractivity (Wildman–Crippen MR) is 135 cm³/mol. The van der Waals surface area contributed by atoms with Crippen LogP contribution in [0.1, 0.15) is 92.8 Å². The molecule has 2 nitrogen and oxygen atoms in total. The van der Waals surface area contributed by atoms with Gasteiger partial charge in [-0.2, -0.15) is 5.26 Å². The first-order valence-corrected chi connectivity index (χ1v) is 11.8. The topological polar surface area (TPSA) is 36.7 Å². The molecule has 0 aliphatic heterocycles. The number of rotatable bonds is 4. The van der Waals surface area contributed by atoms with Crippen molar-refractivity contribution in [3.05, 3.63) is 59.5 Å². The van der Waals surface area contributed by atoms with E-state index >= 15 is 0 Å². The first-order chi connectivity index (χ1) is 14.3. The van der Waals surface area contributed by atoms with Crippen LogP contribution in [0, 0.1) is 36.0 Å². The molecular formula is C28H46N2. The second-order valence-electron chi connectivity index (χ2n) is 7.83. The van der Waals surface area contributed by atoms with Gasteiger partial charge in [-0.25, -0.2) is 0 Å². The van der Waals surface area contributed by atoms with Crippen molar-refractivity contribution < 1.29 is 0 Å². The number of pyridine rings is 1. The molecule has 168 valence electrons. The average Bonchev–Trinajstić information content (AvgIpc) is 2.74. The second-order valence-corrected chi connectivity index (χ2v) is 7.83. The maximum Gasteiger partial charge on any atom is 0.0988 e. The van der Waals surface area contributed by atoms with Crippen LogP contribution < -0.4 is 0 Å². The van der Waals surface area contributed by atoms with Crippen molar-refractivity contribution >= 4 is 5.57 Å². The van der Waals surface area contributed by atoms with Gasteiger partial charge in [0.15, 0.2) is 0 Å². The Morgan fingerprint density at radius 1 is 1.10 bits per heavy atom. The predicted octanol–water partition coefficient (Wildman–Crippen LogP) is 8.95. The molecule has 1 aromatic rings. The molecule has 0 spiro atoms. The lowest BCUT2D eigenvalue weighted by Crippen LogP contribution is -2.15. The first-order valence-electron chi connectivity index (χ1n) is 11.8. The second kappa shape index (κ2) is 18.9. The minimum atomic E-state index is 0.376. The van der Waals surface area contributed by atoms with Crippen LogP contribution in [0.2, 0.25) is 0 Å². The van der Waals surface area contributed by atoms with Crippen LogP contribution in [-0.2, 0) is 0 Å². The van der Waals surface area contributed by atoms with E-state index in [4.69, 9.17) is 0 Å². The number of nitrogens with zero attached hydrogens (tertiary/aromatic N) is 2. The largest absolute Gasteiger partial charge is 0.257 e. The molecule has 2 rings (SSSR count). The lowest BCUT2D eigenvalue weighted by molar-refractivity contribution is 0.524. The van der Waals surface area contributed by atoms with Crippen LogP contribution in [-0.4, -0.2) is 4.98 Å². The van der Waals surface area contributed by atoms with Crippen LogP contribution in [0.4, 0.5) is 0 Å². The Morgan fingerprint density at radius 3 is 2.13 bits per heavy atom. The number of aromatic nitrogens is 1. The van der Waals surface area contributed by atoms with Crippen molar-refractivity contribution in [2.24, 2.45) is 17.8 Å². The van der Waals surface area contributed by atoms with Crippen LogP contribution in [0.5, 0.6) is 0 Å². The number of nitriles is 1. The summed E-state index contributed by atoms with van der Waals surface area (Å²) in [4.78, 5) is 4.53. The number of allylic oxidation sites excluding steroid dienone is 6. The summed E-state index contributed by atoms with van der Waals surface area (Å²) in [5.74, 6) is 1.36. The molecular weight excluding hydrogens is 364 g/mol. The van der Waals surface area contributed by atoms with Gasteiger partial charge in [0.1, 0.15) is 0 Å². The lowest BCUT2D eigenvalue weighted by Gasteiger charge is -2.26. The minimum Gasteiger partial charge on any atom is -0.257 e. The molecule has 0 N–H and O–H groups in total. The Balaban J connectivity index is 0. The molecule has 2 heteroatoms. The van der Waals surface area contributed by atoms with Crippen molar-refractivity contribution in [2.75, 3.05) is 0 Å². The number of hydrogen-bond acceptors (Lipinski definition) is 2. The van der Waals surface area contributed by atoms with E-state index in [2.05, 4.69) is 84.7 Å². The summed E-state index contributed by atoms with van der Waals surface area (Å²) >= 11 is 0. The maximum absolute atomic E-state index is 9.21. The highest BCUT2D eigenvalue weighted by Gasteiger charge is 2.24. The van der Waals surface area contributed by atoms with Crippen LogP contribution in [0.3, 0.4) is 0 Å². The third-order valence-corrected chi connectivity index (χ3v) is 4.08. The molecule has 0 saturated carbocycles. The van der Waals surface area contributed by atoms with Gasteiger partial charge in [0.05, 0.1) is 11.8 Å². The molecule has 1 aliphatic rings. The maximum atomic E-state index is 9.21. The molecule has 0 saturated heterocycles. The molecule has 0 radical (unpaired) electrons. The van der Waals surface area contributed by atoms with Crippen LogP contribution >= 0.6 is 0 Å². The minimum absolute atomic E-state index is 0.376. The lowest BCUT2D eigenvalue weighted by atomic mass is 9.78. The first kappa shape index (κ1) is 30.1. The quantitative estimate of drug-likeness (QED) is 0.464. The molecule has 30 heavy (non-hydrogen) atoms. The van der Waals surface area contributed by atoms with Gasteiger partial charge in [0.2, 0.25) is 0 Å². The Hall–Kier alpha value is -2.14. The van der Waals surface area contributed by atoms with Gasteiger partial charge < -0.3 is 0 Å². The van der Waals surface area contributed by atoms with Gasteiger partial charge in [-0.1, -0.05) is 93.4 Å². The monoisotopic (exact) mass is 410 g/mol. The fourth-order valence-corrected chi connectivity index (χ4v) is 2.78. The SMILES string of the molecule is CC.CCC.CCC.Cc1ccnc(C2=CC(C#N)=CCC2C(C)C=CC(C)C)c1. The molecule has 1 aromatic heterocycles. The zero-order valence-electron chi connectivity index (χ0n) is 21.3.